The highest BCUT2D eigenvalue weighted by Gasteiger charge is 2.13. The number of aliphatic hydroxyl groups excluding tert-OH is 1. The van der Waals surface area contributed by atoms with Crippen molar-refractivity contribution in [3.8, 4) is 0 Å². The van der Waals surface area contributed by atoms with Gasteiger partial charge in [-0.2, -0.15) is 0 Å². The summed E-state index contributed by atoms with van der Waals surface area (Å²) in [6.45, 7) is 2.90. The number of rotatable bonds is 6. The van der Waals surface area contributed by atoms with Crippen LogP contribution in [0.2, 0.25) is 0 Å². The quantitative estimate of drug-likeness (QED) is 0.576. The Morgan fingerprint density at radius 2 is 2.33 bits per heavy atom. The molecule has 3 nitrogen and oxygen atoms in total. The van der Waals surface area contributed by atoms with Crippen molar-refractivity contribution >= 4 is 0 Å². The molecule has 0 aromatic rings. The Morgan fingerprint density at radius 1 is 1.42 bits per heavy atom. The maximum absolute atomic E-state index is 8.49. The first kappa shape index (κ1) is 9.96. The molecule has 0 radical (unpaired) electrons. The Bertz CT molecular complexity index is 103. The van der Waals surface area contributed by atoms with Gasteiger partial charge in [-0.15, -0.1) is 0 Å². The highest BCUT2D eigenvalue weighted by molar-refractivity contribution is 4.65. The first-order valence-electron chi connectivity index (χ1n) is 4.86. The molecule has 1 aliphatic rings. The van der Waals surface area contributed by atoms with Crippen LogP contribution in [-0.4, -0.2) is 37.5 Å². The molecule has 2 N–H and O–H groups in total. The zero-order chi connectivity index (χ0) is 8.65. The normalized spacial score (nSPS) is 23.2. The summed E-state index contributed by atoms with van der Waals surface area (Å²) in [6, 6.07) is 0. The van der Waals surface area contributed by atoms with E-state index in [-0.39, 0.29) is 6.61 Å². The van der Waals surface area contributed by atoms with E-state index in [1.165, 1.54) is 19.3 Å². The molecule has 1 heterocycles. The Labute approximate surface area is 74.1 Å². The van der Waals surface area contributed by atoms with Crippen LogP contribution in [0.5, 0.6) is 0 Å². The maximum atomic E-state index is 8.49. The van der Waals surface area contributed by atoms with E-state index in [2.05, 4.69) is 5.32 Å². The van der Waals surface area contributed by atoms with Gasteiger partial charge >= 0.3 is 0 Å². The van der Waals surface area contributed by atoms with E-state index < -0.39 is 0 Å². The van der Waals surface area contributed by atoms with Crippen LogP contribution in [0.25, 0.3) is 0 Å². The van der Waals surface area contributed by atoms with Gasteiger partial charge in [-0.05, 0) is 32.2 Å². The molecule has 0 bridgehead atoms. The molecule has 0 saturated carbocycles. The maximum Gasteiger partial charge on any atom is 0.0576 e. The Hall–Kier alpha value is -0.120. The number of aliphatic hydroxyl groups is 1. The molecule has 72 valence electrons. The molecule has 12 heavy (non-hydrogen) atoms. The summed E-state index contributed by atoms with van der Waals surface area (Å²) in [5.41, 5.74) is 0. The predicted molar refractivity (Wildman–Crippen MR) is 48.2 cm³/mol. The van der Waals surface area contributed by atoms with Crippen molar-refractivity contribution in [1.29, 1.82) is 0 Å². The van der Waals surface area contributed by atoms with E-state index in [0.29, 0.717) is 12.6 Å². The van der Waals surface area contributed by atoms with Gasteiger partial charge in [0.1, 0.15) is 0 Å². The average molecular weight is 173 g/mol. The van der Waals surface area contributed by atoms with Crippen LogP contribution < -0.4 is 5.32 Å². The molecule has 1 unspecified atom stereocenters. The summed E-state index contributed by atoms with van der Waals surface area (Å²) in [5, 5.41) is 11.6. The molecular formula is C9H19NO2. The van der Waals surface area contributed by atoms with Gasteiger partial charge in [0.2, 0.25) is 0 Å². The smallest absolute Gasteiger partial charge is 0.0576 e. The van der Waals surface area contributed by atoms with Crippen LogP contribution >= 0.6 is 0 Å². The second-order valence-corrected chi connectivity index (χ2v) is 3.25. The summed E-state index contributed by atoms with van der Waals surface area (Å²) in [4.78, 5) is 0. The minimum atomic E-state index is 0.236. The van der Waals surface area contributed by atoms with E-state index >= 15 is 0 Å². The number of hydrogen-bond donors (Lipinski definition) is 2. The van der Waals surface area contributed by atoms with Crippen molar-refractivity contribution in [3.05, 3.63) is 0 Å². The van der Waals surface area contributed by atoms with Gasteiger partial charge in [0, 0.05) is 13.2 Å². The third kappa shape index (κ3) is 4.04. The SMILES string of the molecule is OCCNCCCC1CCCO1. The molecule has 0 aliphatic carbocycles. The van der Waals surface area contributed by atoms with Gasteiger partial charge in [0.05, 0.1) is 12.7 Å². The van der Waals surface area contributed by atoms with Crippen LogP contribution in [0.1, 0.15) is 25.7 Å². The average Bonchev–Trinajstić information content (AvgIpc) is 2.57. The largest absolute Gasteiger partial charge is 0.395 e. The molecule has 0 amide bonds. The summed E-state index contributed by atoms with van der Waals surface area (Å²) < 4.78 is 5.48. The Kier molecular flexibility index (Phi) is 5.32. The van der Waals surface area contributed by atoms with E-state index in [0.717, 1.165) is 19.6 Å². The Morgan fingerprint density at radius 3 is 3.00 bits per heavy atom. The van der Waals surface area contributed by atoms with Crippen molar-refractivity contribution in [3.63, 3.8) is 0 Å². The summed E-state index contributed by atoms with van der Waals surface area (Å²) in [5.74, 6) is 0. The monoisotopic (exact) mass is 173 g/mol. The summed E-state index contributed by atoms with van der Waals surface area (Å²) >= 11 is 0. The Balaban J connectivity index is 1.81. The van der Waals surface area contributed by atoms with Crippen LogP contribution in [0, 0.1) is 0 Å². The molecule has 0 spiro atoms. The summed E-state index contributed by atoms with van der Waals surface area (Å²) in [6.07, 6.45) is 5.30. The first-order chi connectivity index (χ1) is 5.93. The van der Waals surface area contributed by atoms with Crippen molar-refractivity contribution < 1.29 is 9.84 Å². The fourth-order valence-electron chi connectivity index (χ4n) is 1.53. The van der Waals surface area contributed by atoms with Gasteiger partial charge in [-0.25, -0.2) is 0 Å². The van der Waals surface area contributed by atoms with E-state index in [1.54, 1.807) is 0 Å². The van der Waals surface area contributed by atoms with E-state index in [9.17, 15) is 0 Å². The highest BCUT2D eigenvalue weighted by Crippen LogP contribution is 2.16. The lowest BCUT2D eigenvalue weighted by Crippen LogP contribution is -2.20. The van der Waals surface area contributed by atoms with E-state index in [1.807, 2.05) is 0 Å². The number of nitrogens with one attached hydrogen (secondary N) is 1. The van der Waals surface area contributed by atoms with Crippen LogP contribution in [0.3, 0.4) is 0 Å². The topological polar surface area (TPSA) is 41.5 Å². The molecular weight excluding hydrogens is 154 g/mol. The third-order valence-corrected chi connectivity index (χ3v) is 2.19. The van der Waals surface area contributed by atoms with Crippen LogP contribution in [0.15, 0.2) is 0 Å². The van der Waals surface area contributed by atoms with Crippen molar-refractivity contribution in [1.82, 2.24) is 5.32 Å². The van der Waals surface area contributed by atoms with Gasteiger partial charge in [0.15, 0.2) is 0 Å². The zero-order valence-corrected chi connectivity index (χ0v) is 7.59. The van der Waals surface area contributed by atoms with Crippen LogP contribution in [0.4, 0.5) is 0 Å². The molecule has 1 rings (SSSR count). The lowest BCUT2D eigenvalue weighted by atomic mass is 10.1. The van der Waals surface area contributed by atoms with Gasteiger partial charge in [-0.3, -0.25) is 0 Å². The molecule has 1 aliphatic heterocycles. The standard InChI is InChI=1S/C9H19NO2/c11-7-6-10-5-1-3-9-4-2-8-12-9/h9-11H,1-8H2. The van der Waals surface area contributed by atoms with E-state index in [4.69, 9.17) is 9.84 Å². The van der Waals surface area contributed by atoms with Gasteiger partial charge in [-0.1, -0.05) is 0 Å². The van der Waals surface area contributed by atoms with Crippen LogP contribution in [-0.2, 0) is 4.74 Å². The van der Waals surface area contributed by atoms with Crippen molar-refractivity contribution in [2.24, 2.45) is 0 Å². The minimum Gasteiger partial charge on any atom is -0.395 e. The molecule has 0 aromatic heterocycles. The molecule has 1 atom stereocenters. The first-order valence-corrected chi connectivity index (χ1v) is 4.86. The highest BCUT2D eigenvalue weighted by atomic mass is 16.5. The molecule has 3 heteroatoms. The predicted octanol–water partition coefficient (Wildman–Crippen LogP) is 0.527. The second kappa shape index (κ2) is 6.40. The van der Waals surface area contributed by atoms with Gasteiger partial charge in [0.25, 0.3) is 0 Å². The number of ether oxygens (including phenoxy) is 1. The lowest BCUT2D eigenvalue weighted by molar-refractivity contribution is 0.102. The second-order valence-electron chi connectivity index (χ2n) is 3.25. The molecule has 0 aromatic carbocycles. The minimum absolute atomic E-state index is 0.236. The lowest BCUT2D eigenvalue weighted by Gasteiger charge is -2.08. The molecule has 1 saturated heterocycles. The zero-order valence-electron chi connectivity index (χ0n) is 7.59. The van der Waals surface area contributed by atoms with Gasteiger partial charge < -0.3 is 15.2 Å². The van der Waals surface area contributed by atoms with Crippen molar-refractivity contribution in [2.75, 3.05) is 26.3 Å². The van der Waals surface area contributed by atoms with Crippen molar-refractivity contribution in [2.45, 2.75) is 31.8 Å². The summed E-state index contributed by atoms with van der Waals surface area (Å²) in [7, 11) is 0. The fourth-order valence-corrected chi connectivity index (χ4v) is 1.53. The fraction of sp³-hybridized carbons (Fsp3) is 1.00. The molecule has 1 fully saturated rings. The third-order valence-electron chi connectivity index (χ3n) is 2.19. The number of hydrogen-bond acceptors (Lipinski definition) is 3.